The number of rotatable bonds is 17. The Labute approximate surface area is 313 Å². The number of nitrogens with one attached hydrogen (secondary N) is 2. The Morgan fingerprint density at radius 3 is 2.07 bits per heavy atom. The van der Waals surface area contributed by atoms with Gasteiger partial charge in [-0.2, -0.15) is 0 Å². The van der Waals surface area contributed by atoms with Gasteiger partial charge in [0.1, 0.15) is 11.5 Å². The molecule has 284 valence electrons. The van der Waals surface area contributed by atoms with E-state index in [4.69, 9.17) is 4.74 Å². The molecule has 13 nitrogen and oxygen atoms in total. The van der Waals surface area contributed by atoms with Gasteiger partial charge >= 0.3 is 0 Å². The van der Waals surface area contributed by atoms with E-state index >= 15 is 0 Å². The first-order valence-corrected chi connectivity index (χ1v) is 19.0. The van der Waals surface area contributed by atoms with Crippen LogP contribution in [-0.4, -0.2) is 70.9 Å². The van der Waals surface area contributed by atoms with Crippen molar-refractivity contribution in [2.24, 2.45) is 0 Å². The highest BCUT2D eigenvalue weighted by Crippen LogP contribution is 2.23. The predicted molar refractivity (Wildman–Crippen MR) is 200 cm³/mol. The van der Waals surface area contributed by atoms with E-state index in [1.807, 2.05) is 60.7 Å². The lowest BCUT2D eigenvalue weighted by atomic mass is 10.00. The SMILES string of the molecule is C[C@@H](NC(=O)c1cc(C(=O)N[C@@H](Cc2ccccc2)[C@@H](O)Cn2nnc(CO)c2COCc2ccccc2)cc(N(C)S(C)(=O)=O)c1)c1ccc(F)cc1. The van der Waals surface area contributed by atoms with Crippen LogP contribution in [0.3, 0.4) is 0 Å². The number of nitrogens with zero attached hydrogens (tertiary/aromatic N) is 4. The van der Waals surface area contributed by atoms with Crippen LogP contribution in [0.5, 0.6) is 0 Å². The molecule has 2 amide bonds. The number of benzene rings is 4. The van der Waals surface area contributed by atoms with Crippen LogP contribution in [0.1, 0.15) is 61.8 Å². The van der Waals surface area contributed by atoms with Crippen molar-refractivity contribution in [3.8, 4) is 0 Å². The van der Waals surface area contributed by atoms with Gasteiger partial charge in [-0.1, -0.05) is 78.0 Å². The maximum atomic E-state index is 14.0. The summed E-state index contributed by atoms with van der Waals surface area (Å²) in [7, 11) is -2.50. The molecule has 0 aliphatic rings. The number of sulfonamides is 1. The van der Waals surface area contributed by atoms with Crippen LogP contribution in [0.2, 0.25) is 0 Å². The number of anilines is 1. The zero-order valence-corrected chi connectivity index (χ0v) is 30.9. The zero-order chi connectivity index (χ0) is 38.8. The van der Waals surface area contributed by atoms with Gasteiger partial charge in [-0.3, -0.25) is 13.9 Å². The number of aliphatic hydroxyl groups excluding tert-OH is 2. The molecule has 1 aromatic heterocycles. The maximum absolute atomic E-state index is 14.0. The number of ether oxygens (including phenoxy) is 1. The molecule has 54 heavy (non-hydrogen) atoms. The standard InChI is InChI=1S/C39H43FN6O7S/c1-26(29-14-16-32(40)17-15-29)41-38(49)30-19-31(21-33(20-30)45(2)54(3,51)52)39(50)42-34(18-27-10-6-4-7-11-27)37(48)22-46-36(35(23-47)43-44-46)25-53-24-28-12-8-5-9-13-28/h4-17,19-21,26,34,37,47-48H,18,22-25H2,1-3H3,(H,41,49)(H,42,50)/t26-,34+,37+/m1/s1. The molecule has 1 heterocycles. The Morgan fingerprint density at radius 1 is 0.889 bits per heavy atom. The average molecular weight is 759 g/mol. The number of aromatic nitrogens is 3. The molecular formula is C39H43FN6O7S. The van der Waals surface area contributed by atoms with Crippen LogP contribution in [0, 0.1) is 5.82 Å². The van der Waals surface area contributed by atoms with E-state index in [-0.39, 0.29) is 42.1 Å². The van der Waals surface area contributed by atoms with E-state index in [1.165, 1.54) is 54.2 Å². The molecule has 15 heteroatoms. The fourth-order valence-corrected chi connectivity index (χ4v) is 6.19. The third-order valence-corrected chi connectivity index (χ3v) is 10.1. The third kappa shape index (κ3) is 10.6. The largest absolute Gasteiger partial charge is 0.390 e. The first-order valence-electron chi connectivity index (χ1n) is 17.1. The van der Waals surface area contributed by atoms with Crippen molar-refractivity contribution in [2.45, 2.75) is 57.9 Å². The molecule has 0 unspecified atom stereocenters. The number of carbonyl (C=O) groups excluding carboxylic acids is 2. The topological polar surface area (TPSA) is 176 Å². The van der Waals surface area contributed by atoms with Crippen molar-refractivity contribution < 1.29 is 37.3 Å². The van der Waals surface area contributed by atoms with Crippen molar-refractivity contribution in [2.75, 3.05) is 17.6 Å². The van der Waals surface area contributed by atoms with Crippen molar-refractivity contribution in [3.63, 3.8) is 0 Å². The minimum Gasteiger partial charge on any atom is -0.390 e. The lowest BCUT2D eigenvalue weighted by Gasteiger charge is -2.26. The molecule has 0 radical (unpaired) electrons. The number of halogens is 1. The van der Waals surface area contributed by atoms with Crippen molar-refractivity contribution in [1.82, 2.24) is 25.6 Å². The first-order chi connectivity index (χ1) is 25.8. The minimum absolute atomic E-state index is 0.00145. The minimum atomic E-state index is -3.80. The van der Waals surface area contributed by atoms with Gasteiger partial charge in [0, 0.05) is 18.2 Å². The molecule has 4 N–H and O–H groups in total. The summed E-state index contributed by atoms with van der Waals surface area (Å²) >= 11 is 0. The number of hydrogen-bond acceptors (Lipinski definition) is 9. The highest BCUT2D eigenvalue weighted by atomic mass is 32.2. The van der Waals surface area contributed by atoms with Crippen LogP contribution in [-0.2, 0) is 47.5 Å². The number of hydrogen-bond donors (Lipinski definition) is 4. The zero-order valence-electron chi connectivity index (χ0n) is 30.1. The lowest BCUT2D eigenvalue weighted by Crippen LogP contribution is -2.47. The number of carbonyl (C=O) groups is 2. The van der Waals surface area contributed by atoms with E-state index in [2.05, 4.69) is 20.9 Å². The normalized spacial score (nSPS) is 13.1. The summed E-state index contributed by atoms with van der Waals surface area (Å²) in [4.78, 5) is 27.5. The Kier molecular flexibility index (Phi) is 13.3. The van der Waals surface area contributed by atoms with Crippen molar-refractivity contribution in [1.29, 1.82) is 0 Å². The fourth-order valence-electron chi connectivity index (χ4n) is 5.70. The first kappa shape index (κ1) is 39.7. The maximum Gasteiger partial charge on any atom is 0.251 e. The second-order valence-corrected chi connectivity index (χ2v) is 14.9. The highest BCUT2D eigenvalue weighted by molar-refractivity contribution is 7.92. The average Bonchev–Trinajstić information content (AvgIpc) is 3.55. The van der Waals surface area contributed by atoms with Gasteiger partial charge in [0.05, 0.1) is 62.2 Å². The van der Waals surface area contributed by atoms with Crippen LogP contribution in [0.4, 0.5) is 10.1 Å². The third-order valence-electron chi connectivity index (χ3n) is 8.88. The van der Waals surface area contributed by atoms with Crippen LogP contribution < -0.4 is 14.9 Å². The van der Waals surface area contributed by atoms with E-state index in [1.54, 1.807) is 6.92 Å². The van der Waals surface area contributed by atoms with E-state index in [0.717, 1.165) is 21.7 Å². The fraction of sp³-hybridized carbons (Fsp3) is 0.282. The van der Waals surface area contributed by atoms with Gasteiger partial charge in [-0.25, -0.2) is 17.5 Å². The molecule has 0 aliphatic carbocycles. The summed E-state index contributed by atoms with van der Waals surface area (Å²) in [5.74, 6) is -1.71. The number of aliphatic hydroxyl groups is 2. The van der Waals surface area contributed by atoms with Gasteiger partial charge in [0.25, 0.3) is 11.8 Å². The summed E-state index contributed by atoms with van der Waals surface area (Å²) in [6.45, 7) is 1.53. The Morgan fingerprint density at radius 2 is 1.48 bits per heavy atom. The molecule has 5 aromatic rings. The Bertz CT molecular complexity index is 2130. The van der Waals surface area contributed by atoms with Gasteiger partial charge < -0.3 is 25.6 Å². The second-order valence-electron chi connectivity index (χ2n) is 12.9. The molecule has 0 saturated heterocycles. The summed E-state index contributed by atoms with van der Waals surface area (Å²) in [6, 6.07) is 26.9. The summed E-state index contributed by atoms with van der Waals surface area (Å²) in [5.41, 5.74) is 3.15. The molecular weight excluding hydrogens is 716 g/mol. The van der Waals surface area contributed by atoms with Crippen LogP contribution >= 0.6 is 0 Å². The summed E-state index contributed by atoms with van der Waals surface area (Å²) < 4.78 is 46.8. The second kappa shape index (κ2) is 18.0. The molecule has 3 atom stereocenters. The van der Waals surface area contributed by atoms with Crippen molar-refractivity contribution >= 4 is 27.5 Å². The van der Waals surface area contributed by atoms with Crippen LogP contribution in [0.25, 0.3) is 0 Å². The van der Waals surface area contributed by atoms with E-state index < -0.39 is 52.4 Å². The van der Waals surface area contributed by atoms with E-state index in [0.29, 0.717) is 17.9 Å². The quantitative estimate of drug-likeness (QED) is 0.110. The summed E-state index contributed by atoms with van der Waals surface area (Å²) in [5, 5.41) is 35.5. The molecule has 5 rings (SSSR count). The molecule has 0 aliphatic heterocycles. The van der Waals surface area contributed by atoms with Gasteiger partial charge in [-0.05, 0) is 60.4 Å². The smallest absolute Gasteiger partial charge is 0.251 e. The van der Waals surface area contributed by atoms with Gasteiger partial charge in [0.2, 0.25) is 10.0 Å². The number of amides is 2. The molecule has 0 spiro atoms. The molecule has 0 bridgehead atoms. The summed E-state index contributed by atoms with van der Waals surface area (Å²) in [6.07, 6.45) is -0.0486. The molecule has 0 saturated carbocycles. The van der Waals surface area contributed by atoms with Gasteiger partial charge in [0.15, 0.2) is 0 Å². The van der Waals surface area contributed by atoms with E-state index in [9.17, 15) is 32.6 Å². The van der Waals surface area contributed by atoms with Gasteiger partial charge in [-0.15, -0.1) is 5.10 Å². The van der Waals surface area contributed by atoms with Crippen LogP contribution in [0.15, 0.2) is 103 Å². The van der Waals surface area contributed by atoms with Crippen molar-refractivity contribution in [3.05, 3.63) is 148 Å². The Balaban J connectivity index is 1.41. The molecule has 4 aromatic carbocycles. The predicted octanol–water partition coefficient (Wildman–Crippen LogP) is 3.92. The highest BCUT2D eigenvalue weighted by Gasteiger charge is 2.27. The monoisotopic (exact) mass is 758 g/mol. The Hall–Kier alpha value is -5.48. The lowest BCUT2D eigenvalue weighted by molar-refractivity contribution is 0.0735. The molecule has 0 fully saturated rings.